The Kier molecular flexibility index (Phi) is 2.87. The van der Waals surface area contributed by atoms with Crippen molar-refractivity contribution in [3.8, 4) is 0 Å². The van der Waals surface area contributed by atoms with Gasteiger partial charge < -0.3 is 14.2 Å². The zero-order valence-corrected chi connectivity index (χ0v) is 12.0. The first-order valence-electron chi connectivity index (χ1n) is 7.48. The van der Waals surface area contributed by atoms with Crippen LogP contribution >= 0.6 is 0 Å². The van der Waals surface area contributed by atoms with Crippen LogP contribution < -0.4 is 0 Å². The van der Waals surface area contributed by atoms with Gasteiger partial charge in [-0.2, -0.15) is 0 Å². The lowest BCUT2D eigenvalue weighted by Gasteiger charge is -2.51. The van der Waals surface area contributed by atoms with E-state index in [-0.39, 0.29) is 35.7 Å². The Morgan fingerprint density at radius 3 is 3.14 bits per heavy atom. The summed E-state index contributed by atoms with van der Waals surface area (Å²) in [5.41, 5.74) is 1.000. The summed E-state index contributed by atoms with van der Waals surface area (Å²) in [5, 5.41) is 0. The molecule has 1 aliphatic carbocycles. The van der Waals surface area contributed by atoms with E-state index in [1.807, 2.05) is 6.20 Å². The van der Waals surface area contributed by atoms with Crippen molar-refractivity contribution in [1.29, 1.82) is 0 Å². The smallest absolute Gasteiger partial charge is 0.302 e. The monoisotopic (exact) mass is 293 g/mol. The normalized spacial score (nSPS) is 43.9. The summed E-state index contributed by atoms with van der Waals surface area (Å²) in [5.74, 6) is 0.0233. The lowest BCUT2D eigenvalue weighted by molar-refractivity contribution is -0.168. The molecule has 1 amide bonds. The van der Waals surface area contributed by atoms with Crippen molar-refractivity contribution >= 4 is 12.4 Å². The SMILES string of the molecule is CC(=O)O[C@H]1C[C@@H]2OCC3=CN(C=O)[C@H]4OCC[C@@]4(C1)[C@@H]32. The largest absolute Gasteiger partial charge is 0.462 e. The van der Waals surface area contributed by atoms with E-state index in [1.165, 1.54) is 12.5 Å². The van der Waals surface area contributed by atoms with Gasteiger partial charge in [0.05, 0.1) is 12.7 Å². The Balaban J connectivity index is 1.74. The molecule has 3 aliphatic heterocycles. The third kappa shape index (κ3) is 1.78. The highest BCUT2D eigenvalue weighted by Gasteiger charge is 2.63. The highest BCUT2D eigenvalue weighted by molar-refractivity contribution is 5.66. The molecule has 6 heteroatoms. The molecule has 3 heterocycles. The minimum absolute atomic E-state index is 0.0624. The van der Waals surface area contributed by atoms with E-state index in [0.717, 1.165) is 25.7 Å². The fourth-order valence-electron chi connectivity index (χ4n) is 4.80. The van der Waals surface area contributed by atoms with Crippen LogP contribution in [-0.4, -0.2) is 48.9 Å². The number of hydrogen-bond donors (Lipinski definition) is 0. The van der Waals surface area contributed by atoms with E-state index in [2.05, 4.69) is 0 Å². The van der Waals surface area contributed by atoms with Gasteiger partial charge in [-0.25, -0.2) is 0 Å². The van der Waals surface area contributed by atoms with Crippen LogP contribution in [0.2, 0.25) is 0 Å². The summed E-state index contributed by atoms with van der Waals surface area (Å²) in [7, 11) is 0. The molecule has 2 saturated heterocycles. The van der Waals surface area contributed by atoms with Gasteiger partial charge in [0.2, 0.25) is 6.41 Å². The van der Waals surface area contributed by atoms with Gasteiger partial charge in [0.15, 0.2) is 0 Å². The van der Waals surface area contributed by atoms with E-state index in [0.29, 0.717) is 13.2 Å². The Labute approximate surface area is 123 Å². The number of carbonyl (C=O) groups is 2. The standard InChI is InChI=1S/C15H19NO5/c1-9(18)21-11-4-12-13-10(7-20-12)6-16(8-17)14-15(13,5-11)2-3-19-14/h6,8,11-14H,2-5,7H2,1H3/t11-,12-,13-,14-,15+/m0/s1. The molecule has 3 fully saturated rings. The van der Waals surface area contributed by atoms with Crippen LogP contribution in [0.1, 0.15) is 26.2 Å². The second-order valence-corrected chi connectivity index (χ2v) is 6.46. The summed E-state index contributed by atoms with van der Waals surface area (Å²) in [6.45, 7) is 2.62. The number of ether oxygens (including phenoxy) is 3. The number of nitrogens with zero attached hydrogens (tertiary/aromatic N) is 1. The minimum Gasteiger partial charge on any atom is -0.462 e. The summed E-state index contributed by atoms with van der Waals surface area (Å²) in [6, 6.07) is 0. The van der Waals surface area contributed by atoms with E-state index >= 15 is 0 Å². The van der Waals surface area contributed by atoms with Crippen molar-refractivity contribution in [2.45, 2.75) is 44.6 Å². The topological polar surface area (TPSA) is 65.1 Å². The van der Waals surface area contributed by atoms with Crippen LogP contribution in [0.15, 0.2) is 11.8 Å². The highest BCUT2D eigenvalue weighted by atomic mass is 16.5. The molecular weight excluding hydrogens is 274 g/mol. The zero-order valence-electron chi connectivity index (χ0n) is 12.0. The van der Waals surface area contributed by atoms with E-state index in [9.17, 15) is 9.59 Å². The first-order chi connectivity index (χ1) is 10.1. The van der Waals surface area contributed by atoms with Gasteiger partial charge in [-0.3, -0.25) is 14.5 Å². The summed E-state index contributed by atoms with van der Waals surface area (Å²) in [6.07, 6.45) is 4.71. The molecule has 4 rings (SSSR count). The van der Waals surface area contributed by atoms with Crippen LogP contribution in [-0.2, 0) is 23.8 Å². The molecule has 0 radical (unpaired) electrons. The van der Waals surface area contributed by atoms with E-state index in [1.54, 1.807) is 4.90 Å². The van der Waals surface area contributed by atoms with Gasteiger partial charge in [0.1, 0.15) is 12.3 Å². The van der Waals surface area contributed by atoms with Crippen molar-refractivity contribution in [1.82, 2.24) is 4.90 Å². The minimum atomic E-state index is -0.262. The van der Waals surface area contributed by atoms with Gasteiger partial charge in [0.25, 0.3) is 0 Å². The van der Waals surface area contributed by atoms with Crippen LogP contribution in [0.5, 0.6) is 0 Å². The zero-order chi connectivity index (χ0) is 14.6. The van der Waals surface area contributed by atoms with E-state index < -0.39 is 0 Å². The van der Waals surface area contributed by atoms with Gasteiger partial charge in [-0.1, -0.05) is 0 Å². The molecule has 0 N–H and O–H groups in total. The van der Waals surface area contributed by atoms with Gasteiger partial charge in [0, 0.05) is 37.5 Å². The van der Waals surface area contributed by atoms with E-state index in [4.69, 9.17) is 14.2 Å². The summed E-state index contributed by atoms with van der Waals surface area (Å²) >= 11 is 0. The molecule has 0 aromatic rings. The second kappa shape index (κ2) is 4.55. The van der Waals surface area contributed by atoms with Gasteiger partial charge in [-0.15, -0.1) is 0 Å². The Morgan fingerprint density at radius 1 is 1.52 bits per heavy atom. The first-order valence-corrected chi connectivity index (χ1v) is 7.48. The fraction of sp³-hybridized carbons (Fsp3) is 0.733. The number of rotatable bonds is 2. The fourth-order valence-corrected chi connectivity index (χ4v) is 4.80. The van der Waals surface area contributed by atoms with Crippen molar-refractivity contribution in [2.24, 2.45) is 11.3 Å². The predicted octanol–water partition coefficient (Wildman–Crippen LogP) is 0.816. The maximum atomic E-state index is 11.4. The summed E-state index contributed by atoms with van der Waals surface area (Å²) in [4.78, 5) is 24.3. The van der Waals surface area contributed by atoms with Crippen LogP contribution in [0, 0.1) is 11.3 Å². The Hall–Kier alpha value is -1.40. The van der Waals surface area contributed by atoms with Crippen LogP contribution in [0.4, 0.5) is 0 Å². The summed E-state index contributed by atoms with van der Waals surface area (Å²) < 4.78 is 17.2. The molecule has 0 unspecified atom stereocenters. The number of amides is 1. The molecule has 114 valence electrons. The maximum absolute atomic E-state index is 11.4. The molecule has 1 spiro atoms. The third-order valence-corrected chi connectivity index (χ3v) is 5.33. The molecule has 5 atom stereocenters. The lowest BCUT2D eigenvalue weighted by Crippen LogP contribution is -2.57. The molecular formula is C15H19NO5. The average molecular weight is 293 g/mol. The van der Waals surface area contributed by atoms with Crippen LogP contribution in [0.3, 0.4) is 0 Å². The molecule has 21 heavy (non-hydrogen) atoms. The Bertz CT molecular complexity index is 518. The van der Waals surface area contributed by atoms with Crippen LogP contribution in [0.25, 0.3) is 0 Å². The average Bonchev–Trinajstić information content (AvgIpc) is 3.02. The van der Waals surface area contributed by atoms with Gasteiger partial charge >= 0.3 is 5.97 Å². The maximum Gasteiger partial charge on any atom is 0.302 e. The van der Waals surface area contributed by atoms with Gasteiger partial charge in [-0.05, 0) is 18.4 Å². The molecule has 0 bridgehead atoms. The van der Waals surface area contributed by atoms with Crippen molar-refractivity contribution in [3.63, 3.8) is 0 Å². The molecule has 4 aliphatic rings. The molecule has 6 nitrogen and oxygen atoms in total. The van der Waals surface area contributed by atoms with Crippen molar-refractivity contribution in [3.05, 3.63) is 11.8 Å². The molecule has 0 aromatic heterocycles. The first kappa shape index (κ1) is 13.3. The predicted molar refractivity (Wildman–Crippen MR) is 70.8 cm³/mol. The number of esters is 1. The number of carbonyl (C=O) groups excluding carboxylic acids is 2. The quantitative estimate of drug-likeness (QED) is 0.557. The second-order valence-electron chi connectivity index (χ2n) is 6.46. The van der Waals surface area contributed by atoms with Crippen molar-refractivity contribution < 1.29 is 23.8 Å². The lowest BCUT2D eigenvalue weighted by atomic mass is 9.59. The third-order valence-electron chi connectivity index (χ3n) is 5.33. The molecule has 1 saturated carbocycles. The highest BCUT2D eigenvalue weighted by Crippen LogP contribution is 2.59. The Morgan fingerprint density at radius 2 is 2.38 bits per heavy atom. The number of hydrogen-bond acceptors (Lipinski definition) is 5. The van der Waals surface area contributed by atoms with Crippen molar-refractivity contribution in [2.75, 3.05) is 13.2 Å². The molecule has 0 aromatic carbocycles.